The Kier molecular flexibility index (Phi) is 6.57. The number of hydrogen-bond donors (Lipinski definition) is 3. The van der Waals surface area contributed by atoms with E-state index in [2.05, 4.69) is 29.8 Å². The van der Waals surface area contributed by atoms with Gasteiger partial charge in [0, 0.05) is 30.3 Å². The van der Waals surface area contributed by atoms with Crippen LogP contribution in [0.3, 0.4) is 0 Å². The first-order valence-electron chi connectivity index (χ1n) is 10.7. The second-order valence-corrected chi connectivity index (χ2v) is 8.00. The third-order valence-electron chi connectivity index (χ3n) is 5.48. The molecule has 2 atom stereocenters. The quantitative estimate of drug-likeness (QED) is 0.606. The third-order valence-corrected chi connectivity index (χ3v) is 5.48. The van der Waals surface area contributed by atoms with E-state index in [4.69, 9.17) is 9.47 Å². The standard InChI is InChI=1S/C23H28N4O4/c1-26(15-17-5-3-2-4-6-17)10-9-24-23(29)25-18-13-22(28)27(16-18)19-7-8-20-21(14-19)31-12-11-30-20/h2-8,14,18H,9-13,15-16H2,1H3,(H2,24,25,29)/p+1/t18-/m1/s1. The maximum atomic E-state index is 12.5. The Hall–Kier alpha value is -3.26. The molecule has 164 valence electrons. The van der Waals surface area contributed by atoms with E-state index in [1.165, 1.54) is 10.5 Å². The van der Waals surface area contributed by atoms with E-state index < -0.39 is 0 Å². The van der Waals surface area contributed by atoms with Gasteiger partial charge in [-0.2, -0.15) is 0 Å². The lowest BCUT2D eigenvalue weighted by Gasteiger charge is -2.22. The normalized spacial score (nSPS) is 18.5. The minimum Gasteiger partial charge on any atom is -0.486 e. The number of fused-ring (bicyclic) bond motifs is 1. The molecule has 1 unspecified atom stereocenters. The molecule has 2 aromatic rings. The highest BCUT2D eigenvalue weighted by Crippen LogP contribution is 2.35. The summed E-state index contributed by atoms with van der Waals surface area (Å²) in [4.78, 5) is 27.8. The maximum absolute atomic E-state index is 12.5. The van der Waals surface area contributed by atoms with Crippen LogP contribution in [0, 0.1) is 0 Å². The molecule has 1 fully saturated rings. The molecule has 4 rings (SSSR count). The second-order valence-electron chi connectivity index (χ2n) is 8.00. The minimum atomic E-state index is -0.241. The highest BCUT2D eigenvalue weighted by molar-refractivity contribution is 5.97. The zero-order valence-electron chi connectivity index (χ0n) is 17.7. The van der Waals surface area contributed by atoms with Crippen LogP contribution < -0.4 is 29.9 Å². The van der Waals surface area contributed by atoms with E-state index in [0.29, 0.717) is 37.8 Å². The molecule has 2 aliphatic rings. The Labute approximate surface area is 182 Å². The Morgan fingerprint density at radius 2 is 1.90 bits per heavy atom. The first-order chi connectivity index (χ1) is 15.1. The molecule has 3 N–H and O–H groups in total. The van der Waals surface area contributed by atoms with E-state index in [9.17, 15) is 9.59 Å². The summed E-state index contributed by atoms with van der Waals surface area (Å²) in [6.07, 6.45) is 0.279. The topological polar surface area (TPSA) is 84.3 Å². The van der Waals surface area contributed by atoms with Crippen molar-refractivity contribution >= 4 is 17.6 Å². The number of ether oxygens (including phenoxy) is 2. The average Bonchev–Trinajstić information content (AvgIpc) is 3.13. The zero-order valence-corrected chi connectivity index (χ0v) is 17.7. The van der Waals surface area contributed by atoms with Crippen molar-refractivity contribution in [3.05, 3.63) is 54.1 Å². The van der Waals surface area contributed by atoms with Crippen LogP contribution in [0.2, 0.25) is 0 Å². The van der Waals surface area contributed by atoms with E-state index in [0.717, 1.165) is 18.8 Å². The molecule has 0 spiro atoms. The van der Waals surface area contributed by atoms with Crippen molar-refractivity contribution < 1.29 is 24.0 Å². The third kappa shape index (κ3) is 5.46. The lowest BCUT2D eigenvalue weighted by molar-refractivity contribution is -0.892. The Morgan fingerprint density at radius 1 is 1.13 bits per heavy atom. The van der Waals surface area contributed by atoms with Gasteiger partial charge in [-0.25, -0.2) is 4.79 Å². The molecule has 2 aliphatic heterocycles. The Morgan fingerprint density at radius 3 is 2.71 bits per heavy atom. The summed E-state index contributed by atoms with van der Waals surface area (Å²) in [5.74, 6) is 1.32. The van der Waals surface area contributed by atoms with Gasteiger partial charge >= 0.3 is 6.03 Å². The number of quaternary nitrogens is 1. The highest BCUT2D eigenvalue weighted by Gasteiger charge is 2.32. The van der Waals surface area contributed by atoms with Gasteiger partial charge in [0.2, 0.25) is 5.91 Å². The van der Waals surface area contributed by atoms with Gasteiger partial charge in [-0.1, -0.05) is 30.3 Å². The number of urea groups is 1. The fourth-order valence-corrected chi connectivity index (χ4v) is 3.91. The van der Waals surface area contributed by atoms with E-state index in [1.807, 2.05) is 36.4 Å². The molecule has 1 saturated heterocycles. The summed E-state index contributed by atoms with van der Waals surface area (Å²) in [5, 5.41) is 5.82. The summed E-state index contributed by atoms with van der Waals surface area (Å²) in [7, 11) is 2.10. The molecule has 2 aromatic carbocycles. The first kappa shape index (κ1) is 21.0. The summed E-state index contributed by atoms with van der Waals surface area (Å²) in [6, 6.07) is 15.3. The van der Waals surface area contributed by atoms with Crippen molar-refractivity contribution in [3.8, 4) is 11.5 Å². The highest BCUT2D eigenvalue weighted by atomic mass is 16.6. The smallest absolute Gasteiger partial charge is 0.315 e. The Balaban J connectivity index is 1.22. The summed E-state index contributed by atoms with van der Waals surface area (Å²) in [5.41, 5.74) is 2.03. The number of anilines is 1. The van der Waals surface area contributed by atoms with Gasteiger partial charge in [0.15, 0.2) is 11.5 Å². The number of nitrogens with one attached hydrogen (secondary N) is 3. The molecule has 8 nitrogen and oxygen atoms in total. The van der Waals surface area contributed by atoms with Gasteiger partial charge in [0.25, 0.3) is 0 Å². The van der Waals surface area contributed by atoms with Crippen LogP contribution in [0.1, 0.15) is 12.0 Å². The SMILES string of the molecule is C[NH+](CCNC(=O)N[C@@H]1CC(=O)N(c2ccc3c(c2)OCCO3)C1)Cc1ccccc1. The lowest BCUT2D eigenvalue weighted by atomic mass is 10.2. The van der Waals surface area contributed by atoms with Crippen molar-refractivity contribution in [2.24, 2.45) is 0 Å². The molecule has 0 radical (unpaired) electrons. The number of carbonyl (C=O) groups is 2. The molecule has 0 aliphatic carbocycles. The fraction of sp³-hybridized carbons (Fsp3) is 0.391. The van der Waals surface area contributed by atoms with Gasteiger partial charge in [0.1, 0.15) is 19.8 Å². The molecular weight excluding hydrogens is 396 g/mol. The molecule has 0 aromatic heterocycles. The van der Waals surface area contributed by atoms with Crippen LogP contribution in [-0.4, -0.2) is 57.9 Å². The predicted octanol–water partition coefficient (Wildman–Crippen LogP) is 0.577. The number of carbonyl (C=O) groups excluding carboxylic acids is 2. The Bertz CT molecular complexity index is 921. The molecule has 3 amide bonds. The molecule has 8 heteroatoms. The van der Waals surface area contributed by atoms with Gasteiger partial charge < -0.3 is 29.9 Å². The van der Waals surface area contributed by atoms with Crippen molar-refractivity contribution in [1.29, 1.82) is 0 Å². The van der Waals surface area contributed by atoms with Crippen LogP contribution in [0.15, 0.2) is 48.5 Å². The molecule has 0 bridgehead atoms. The molecular formula is C23H29N4O4+. The van der Waals surface area contributed by atoms with E-state index in [-0.39, 0.29) is 24.4 Å². The molecule has 2 heterocycles. The summed E-state index contributed by atoms with van der Waals surface area (Å²) in [6.45, 7) is 3.75. The predicted molar refractivity (Wildman–Crippen MR) is 117 cm³/mol. The molecule has 0 saturated carbocycles. The van der Waals surface area contributed by atoms with Crippen LogP contribution in [0.25, 0.3) is 0 Å². The van der Waals surface area contributed by atoms with Crippen LogP contribution in [0.5, 0.6) is 11.5 Å². The number of likely N-dealkylation sites (N-methyl/N-ethyl adjacent to an activating group) is 1. The largest absolute Gasteiger partial charge is 0.486 e. The van der Waals surface area contributed by atoms with Crippen molar-refractivity contribution in [2.45, 2.75) is 19.0 Å². The average molecular weight is 426 g/mol. The summed E-state index contributed by atoms with van der Waals surface area (Å²) >= 11 is 0. The van der Waals surface area contributed by atoms with Crippen LogP contribution in [0.4, 0.5) is 10.5 Å². The van der Waals surface area contributed by atoms with Crippen molar-refractivity contribution in [2.75, 3.05) is 44.8 Å². The maximum Gasteiger partial charge on any atom is 0.315 e. The van der Waals surface area contributed by atoms with Crippen LogP contribution >= 0.6 is 0 Å². The van der Waals surface area contributed by atoms with Crippen molar-refractivity contribution in [1.82, 2.24) is 10.6 Å². The second kappa shape index (κ2) is 9.70. The monoisotopic (exact) mass is 425 g/mol. The minimum absolute atomic E-state index is 0.0194. The number of nitrogens with zero attached hydrogens (tertiary/aromatic N) is 1. The number of rotatable bonds is 7. The van der Waals surface area contributed by atoms with Gasteiger partial charge in [-0.15, -0.1) is 0 Å². The van der Waals surface area contributed by atoms with Crippen LogP contribution in [-0.2, 0) is 11.3 Å². The van der Waals surface area contributed by atoms with Crippen molar-refractivity contribution in [3.63, 3.8) is 0 Å². The lowest BCUT2D eigenvalue weighted by Crippen LogP contribution is -3.08. The molecule has 31 heavy (non-hydrogen) atoms. The van der Waals surface area contributed by atoms with E-state index in [1.54, 1.807) is 4.90 Å². The number of benzene rings is 2. The zero-order chi connectivity index (χ0) is 21.6. The van der Waals surface area contributed by atoms with E-state index >= 15 is 0 Å². The summed E-state index contributed by atoms with van der Waals surface area (Å²) < 4.78 is 11.1. The van der Waals surface area contributed by atoms with Gasteiger partial charge in [-0.05, 0) is 12.1 Å². The fourth-order valence-electron chi connectivity index (χ4n) is 3.91. The number of amides is 3. The first-order valence-corrected chi connectivity index (χ1v) is 10.7. The van der Waals surface area contributed by atoms with Gasteiger partial charge in [0.05, 0.1) is 26.2 Å². The number of hydrogen-bond acceptors (Lipinski definition) is 4. The van der Waals surface area contributed by atoms with Gasteiger partial charge in [-0.3, -0.25) is 4.79 Å².